The molecule has 0 saturated heterocycles. The van der Waals surface area contributed by atoms with Gasteiger partial charge in [-0.1, -0.05) is 0 Å². The molecular formula is C5H14O3PY-. The molecule has 0 fully saturated rings. The Morgan fingerprint density at radius 3 is 1.70 bits per heavy atom. The van der Waals surface area contributed by atoms with Crippen molar-refractivity contribution in [2.24, 2.45) is 0 Å². The van der Waals surface area contributed by atoms with E-state index in [2.05, 4.69) is 9.05 Å². The van der Waals surface area contributed by atoms with Crippen molar-refractivity contribution in [1.29, 1.82) is 0 Å². The molecule has 0 unspecified atom stereocenters. The summed E-state index contributed by atoms with van der Waals surface area (Å²) in [7, 11) is -1.58. The minimum absolute atomic E-state index is 0. The molecule has 0 aromatic carbocycles. The van der Waals surface area contributed by atoms with E-state index in [4.69, 9.17) is 4.89 Å². The van der Waals surface area contributed by atoms with Gasteiger partial charge in [-0.3, -0.25) is 0 Å². The second-order valence-corrected chi connectivity index (χ2v) is 2.07. The first kappa shape index (κ1) is 17.5. The largest absolute Gasteiger partial charge is 0.358 e. The van der Waals surface area contributed by atoms with Gasteiger partial charge in [0.25, 0.3) is 0 Å². The van der Waals surface area contributed by atoms with E-state index < -0.39 is 8.60 Å². The van der Waals surface area contributed by atoms with E-state index in [1.54, 1.807) is 0 Å². The third-order valence-corrected chi connectivity index (χ3v) is 1.44. The summed E-state index contributed by atoms with van der Waals surface area (Å²) in [6, 6.07) is 0. The Bertz CT molecular complexity index is 50.2. The van der Waals surface area contributed by atoms with E-state index in [9.17, 15) is 0 Å². The van der Waals surface area contributed by atoms with Crippen LogP contribution in [0.5, 0.6) is 0 Å². The molecule has 0 aromatic rings. The number of hydrogen-bond donors (Lipinski definition) is 1. The summed E-state index contributed by atoms with van der Waals surface area (Å²) < 4.78 is 9.36. The molecule has 0 aliphatic heterocycles. The normalized spacial score (nSPS) is 8.40. The average molecular weight is 242 g/mol. The fourth-order valence-electron chi connectivity index (χ4n) is 0.258. The van der Waals surface area contributed by atoms with E-state index in [1.807, 2.05) is 13.8 Å². The molecule has 0 spiro atoms. The van der Waals surface area contributed by atoms with Crippen molar-refractivity contribution in [1.82, 2.24) is 0 Å². The van der Waals surface area contributed by atoms with E-state index in [1.165, 1.54) is 0 Å². The van der Waals surface area contributed by atoms with Crippen LogP contribution in [0.4, 0.5) is 0 Å². The first-order valence-corrected chi connectivity index (χ1v) is 3.69. The molecule has 61 valence electrons. The van der Waals surface area contributed by atoms with Crippen molar-refractivity contribution >= 4 is 8.60 Å². The fraction of sp³-hybridized carbons (Fsp3) is 0.800. The van der Waals surface area contributed by atoms with Gasteiger partial charge in [0.05, 0.1) is 13.2 Å². The van der Waals surface area contributed by atoms with Crippen LogP contribution in [0.1, 0.15) is 13.8 Å². The third kappa shape index (κ3) is 12.1. The van der Waals surface area contributed by atoms with Gasteiger partial charge in [-0.25, -0.2) is 0 Å². The molecule has 0 rings (SSSR count). The molecule has 10 heavy (non-hydrogen) atoms. The Hall–Kier alpha value is 1.41. The average Bonchev–Trinajstić information content (AvgIpc) is 1.68. The van der Waals surface area contributed by atoms with Crippen LogP contribution in [-0.2, 0) is 41.8 Å². The maximum absolute atomic E-state index is 8.67. The molecule has 1 N–H and O–H groups in total. The van der Waals surface area contributed by atoms with E-state index >= 15 is 0 Å². The maximum Gasteiger partial charge on any atom is 0.329 e. The van der Waals surface area contributed by atoms with Crippen LogP contribution in [-0.4, -0.2) is 18.1 Å². The third-order valence-electron chi connectivity index (χ3n) is 0.479. The Balaban J connectivity index is -0.000000245. The molecule has 0 amide bonds. The smallest absolute Gasteiger partial charge is 0.329 e. The molecule has 3 nitrogen and oxygen atoms in total. The summed E-state index contributed by atoms with van der Waals surface area (Å²) in [6.45, 7) is 4.62. The molecule has 0 heterocycles. The Morgan fingerprint density at radius 2 is 1.50 bits per heavy atom. The molecule has 1 radical (unpaired) electrons. The molecule has 0 aliphatic rings. The maximum atomic E-state index is 8.67. The summed E-state index contributed by atoms with van der Waals surface area (Å²) in [5.74, 6) is 0. The molecule has 0 bridgehead atoms. The van der Waals surface area contributed by atoms with Gasteiger partial charge in [0.15, 0.2) is 0 Å². The van der Waals surface area contributed by atoms with Gasteiger partial charge in [0.2, 0.25) is 0 Å². The van der Waals surface area contributed by atoms with E-state index in [0.29, 0.717) is 13.2 Å². The van der Waals surface area contributed by atoms with Gasteiger partial charge in [-0.05, 0) is 13.8 Å². The number of hydrogen-bond acceptors (Lipinski definition) is 3. The van der Waals surface area contributed by atoms with Crippen LogP contribution in [0.2, 0.25) is 0 Å². The first-order chi connectivity index (χ1) is 3.81. The van der Waals surface area contributed by atoms with Gasteiger partial charge in [0, 0.05) is 32.7 Å². The van der Waals surface area contributed by atoms with Gasteiger partial charge < -0.3 is 21.4 Å². The fourth-order valence-corrected chi connectivity index (χ4v) is 0.774. The van der Waals surface area contributed by atoms with Crippen LogP contribution >= 0.6 is 8.60 Å². The van der Waals surface area contributed by atoms with Crippen LogP contribution in [0.3, 0.4) is 0 Å². The zero-order chi connectivity index (χ0) is 6.41. The van der Waals surface area contributed by atoms with Gasteiger partial charge in [0.1, 0.15) is 0 Å². The number of rotatable bonds is 4. The van der Waals surface area contributed by atoms with E-state index in [0.717, 1.165) is 0 Å². The Morgan fingerprint density at radius 1 is 1.20 bits per heavy atom. The minimum Gasteiger partial charge on any atom is -0.358 e. The van der Waals surface area contributed by atoms with Crippen molar-refractivity contribution in [2.75, 3.05) is 13.2 Å². The van der Waals surface area contributed by atoms with Crippen molar-refractivity contribution in [3.8, 4) is 0 Å². The zero-order valence-corrected chi connectivity index (χ0v) is 10.4. The van der Waals surface area contributed by atoms with Crippen LogP contribution < -0.4 is 0 Å². The summed E-state index contributed by atoms with van der Waals surface area (Å²) in [5, 5.41) is 0. The van der Waals surface area contributed by atoms with Crippen LogP contribution in [0, 0.1) is 7.43 Å². The van der Waals surface area contributed by atoms with Crippen LogP contribution in [0.15, 0.2) is 0 Å². The van der Waals surface area contributed by atoms with Crippen molar-refractivity contribution in [3.63, 3.8) is 0 Å². The summed E-state index contributed by atoms with van der Waals surface area (Å²) in [4.78, 5) is 8.67. The van der Waals surface area contributed by atoms with Crippen molar-refractivity contribution in [2.45, 2.75) is 13.8 Å². The molecule has 0 aromatic heterocycles. The summed E-state index contributed by atoms with van der Waals surface area (Å²) >= 11 is 0. The predicted octanol–water partition coefficient (Wildman–Crippen LogP) is 1.73. The zero-order valence-electron chi connectivity index (χ0n) is 6.70. The molecular weight excluding hydrogens is 228 g/mol. The second kappa shape index (κ2) is 13.0. The summed E-state index contributed by atoms with van der Waals surface area (Å²) in [5.41, 5.74) is 0. The standard InChI is InChI=1S/C4H11O3P.CH3.Y/c1-3-6-8(5)7-4-2;;/h5H,3-4H2,1-2H3;1H3;/q;-1;. The molecule has 0 aliphatic carbocycles. The minimum atomic E-state index is -1.58. The Labute approximate surface area is 89.4 Å². The predicted molar refractivity (Wildman–Crippen MR) is 38.8 cm³/mol. The van der Waals surface area contributed by atoms with E-state index in [-0.39, 0.29) is 40.1 Å². The van der Waals surface area contributed by atoms with Crippen molar-refractivity contribution in [3.05, 3.63) is 7.43 Å². The van der Waals surface area contributed by atoms with Crippen LogP contribution in [0.25, 0.3) is 0 Å². The van der Waals surface area contributed by atoms with Gasteiger partial charge in [-0.15, -0.1) is 0 Å². The summed E-state index contributed by atoms with van der Waals surface area (Å²) in [6.07, 6.45) is 0. The first-order valence-electron chi connectivity index (χ1n) is 2.56. The second-order valence-electron chi connectivity index (χ2n) is 1.07. The monoisotopic (exact) mass is 242 g/mol. The quantitative estimate of drug-likeness (QED) is 0.602. The molecule has 0 saturated carbocycles. The Kier molecular flexibility index (Phi) is 22.8. The van der Waals surface area contributed by atoms with Crippen molar-refractivity contribution < 1.29 is 46.7 Å². The van der Waals surface area contributed by atoms with Gasteiger partial charge in [-0.2, -0.15) is 0 Å². The molecule has 0 atom stereocenters. The SMILES string of the molecule is CCOP(O)OCC.[CH3-].[Y]. The molecule has 5 heteroatoms. The topological polar surface area (TPSA) is 38.7 Å². The van der Waals surface area contributed by atoms with Gasteiger partial charge >= 0.3 is 8.60 Å².